The molecule has 0 radical (unpaired) electrons. The smallest absolute Gasteiger partial charge is 0.410 e. The van der Waals surface area contributed by atoms with Crippen LogP contribution in [-0.4, -0.2) is 70.3 Å². The molecular weight excluding hydrogens is 306 g/mol. The number of carbonyl (C=O) groups is 1. The Morgan fingerprint density at radius 2 is 1.87 bits per heavy atom. The highest BCUT2D eigenvalue weighted by Gasteiger charge is 2.49. The molecule has 7 heteroatoms. The van der Waals surface area contributed by atoms with E-state index in [-0.39, 0.29) is 25.1 Å². The number of nitrogens with zero attached hydrogens (tertiary/aromatic N) is 2. The zero-order valence-corrected chi connectivity index (χ0v) is 14.4. The number of hydrogen-bond acceptors (Lipinski definition) is 4. The summed E-state index contributed by atoms with van der Waals surface area (Å²) in [7, 11) is 0. The summed E-state index contributed by atoms with van der Waals surface area (Å²) in [5, 5.41) is 9.79. The molecule has 2 saturated heterocycles. The van der Waals surface area contributed by atoms with Gasteiger partial charge in [0.15, 0.2) is 0 Å². The largest absolute Gasteiger partial charge is 0.444 e. The van der Waals surface area contributed by atoms with Crippen LogP contribution in [0.3, 0.4) is 0 Å². The van der Waals surface area contributed by atoms with Crippen LogP contribution in [0, 0.1) is 0 Å². The van der Waals surface area contributed by atoms with Gasteiger partial charge < -0.3 is 14.7 Å². The molecule has 0 aliphatic carbocycles. The van der Waals surface area contributed by atoms with Crippen molar-refractivity contribution in [3.8, 4) is 0 Å². The summed E-state index contributed by atoms with van der Waals surface area (Å²) in [6.45, 7) is 7.70. The third-order valence-electron chi connectivity index (χ3n) is 4.49. The second-order valence-corrected chi connectivity index (χ2v) is 7.74. The van der Waals surface area contributed by atoms with Crippen LogP contribution in [0.15, 0.2) is 0 Å². The summed E-state index contributed by atoms with van der Waals surface area (Å²) in [5.41, 5.74) is -0.539. The number of amides is 1. The summed E-state index contributed by atoms with van der Waals surface area (Å²) in [6.07, 6.45) is -0.185. The SMILES string of the molecule is CC(O)[C@H]1CC(F)(F)CN1C1CCN(C(=O)OC(C)(C)C)CC1. The monoisotopic (exact) mass is 334 g/mol. The molecule has 134 valence electrons. The highest BCUT2D eigenvalue weighted by Crippen LogP contribution is 2.37. The van der Waals surface area contributed by atoms with Crippen LogP contribution in [-0.2, 0) is 4.74 Å². The van der Waals surface area contributed by atoms with E-state index in [1.54, 1.807) is 16.7 Å². The van der Waals surface area contributed by atoms with Gasteiger partial charge in [-0.05, 0) is 40.5 Å². The number of halogens is 2. The topological polar surface area (TPSA) is 53.0 Å². The first-order valence-electron chi connectivity index (χ1n) is 8.28. The van der Waals surface area contributed by atoms with Gasteiger partial charge in [0.05, 0.1) is 12.6 Å². The lowest BCUT2D eigenvalue weighted by Gasteiger charge is -2.40. The first-order valence-corrected chi connectivity index (χ1v) is 8.28. The Bertz CT molecular complexity index is 430. The fourth-order valence-electron chi connectivity index (χ4n) is 3.43. The Hall–Kier alpha value is -0.950. The number of carbonyl (C=O) groups excluding carboxylic acids is 1. The van der Waals surface area contributed by atoms with Crippen LogP contribution in [0.1, 0.15) is 47.0 Å². The maximum Gasteiger partial charge on any atom is 0.410 e. The van der Waals surface area contributed by atoms with Gasteiger partial charge in [-0.25, -0.2) is 13.6 Å². The maximum atomic E-state index is 13.7. The number of alkyl halides is 2. The number of ether oxygens (including phenoxy) is 1. The molecule has 5 nitrogen and oxygen atoms in total. The Balaban J connectivity index is 1.92. The molecule has 1 unspecified atom stereocenters. The van der Waals surface area contributed by atoms with E-state index in [1.807, 2.05) is 20.8 Å². The van der Waals surface area contributed by atoms with E-state index in [2.05, 4.69) is 0 Å². The number of likely N-dealkylation sites (tertiary alicyclic amines) is 2. The van der Waals surface area contributed by atoms with E-state index in [0.29, 0.717) is 25.9 Å². The van der Waals surface area contributed by atoms with Crippen molar-refractivity contribution >= 4 is 6.09 Å². The summed E-state index contributed by atoms with van der Waals surface area (Å²) < 4.78 is 32.8. The molecule has 0 bridgehead atoms. The van der Waals surface area contributed by atoms with E-state index in [1.165, 1.54) is 0 Å². The Kier molecular flexibility index (Phi) is 5.21. The Morgan fingerprint density at radius 3 is 2.35 bits per heavy atom. The zero-order chi connectivity index (χ0) is 17.4. The Morgan fingerprint density at radius 1 is 1.30 bits per heavy atom. The van der Waals surface area contributed by atoms with Crippen molar-refractivity contribution in [2.45, 2.75) is 76.7 Å². The van der Waals surface area contributed by atoms with Crippen LogP contribution in [0.4, 0.5) is 13.6 Å². The third-order valence-corrected chi connectivity index (χ3v) is 4.49. The van der Waals surface area contributed by atoms with E-state index in [9.17, 15) is 18.7 Å². The van der Waals surface area contributed by atoms with Gasteiger partial charge >= 0.3 is 6.09 Å². The van der Waals surface area contributed by atoms with Gasteiger partial charge in [0.2, 0.25) is 0 Å². The van der Waals surface area contributed by atoms with Crippen molar-refractivity contribution in [1.29, 1.82) is 0 Å². The first-order chi connectivity index (χ1) is 10.5. The summed E-state index contributed by atoms with van der Waals surface area (Å²) in [6, 6.07) is -0.537. The van der Waals surface area contributed by atoms with Crippen LogP contribution in [0.5, 0.6) is 0 Å². The molecule has 1 N–H and O–H groups in total. The number of rotatable bonds is 2. The number of aliphatic hydroxyl groups excluding tert-OH is 1. The van der Waals surface area contributed by atoms with Crippen LogP contribution in [0.2, 0.25) is 0 Å². The number of aliphatic hydroxyl groups is 1. The van der Waals surface area contributed by atoms with Crippen LogP contribution < -0.4 is 0 Å². The summed E-state index contributed by atoms with van der Waals surface area (Å²) >= 11 is 0. The maximum absolute atomic E-state index is 13.7. The summed E-state index contributed by atoms with van der Waals surface area (Å²) in [5.74, 6) is -2.75. The van der Waals surface area contributed by atoms with Crippen molar-refractivity contribution in [3.63, 3.8) is 0 Å². The average molecular weight is 334 g/mol. The van der Waals surface area contributed by atoms with E-state index >= 15 is 0 Å². The molecule has 0 aromatic carbocycles. The molecule has 23 heavy (non-hydrogen) atoms. The number of piperidine rings is 1. The molecule has 0 aromatic rings. The predicted octanol–water partition coefficient (Wildman–Crippen LogP) is 2.48. The molecule has 2 aliphatic rings. The highest BCUT2D eigenvalue weighted by molar-refractivity contribution is 5.68. The van der Waals surface area contributed by atoms with Crippen LogP contribution in [0.25, 0.3) is 0 Å². The Labute approximate surface area is 136 Å². The van der Waals surface area contributed by atoms with Crippen molar-refractivity contribution in [3.05, 3.63) is 0 Å². The van der Waals surface area contributed by atoms with Crippen molar-refractivity contribution in [2.24, 2.45) is 0 Å². The van der Waals surface area contributed by atoms with E-state index in [0.717, 1.165) is 0 Å². The quantitative estimate of drug-likeness (QED) is 0.843. The molecule has 1 amide bonds. The minimum absolute atomic E-state index is 0.0262. The highest BCUT2D eigenvalue weighted by atomic mass is 19.3. The molecule has 0 saturated carbocycles. The summed E-state index contributed by atoms with van der Waals surface area (Å²) in [4.78, 5) is 15.4. The minimum Gasteiger partial charge on any atom is -0.444 e. The van der Waals surface area contributed by atoms with Gasteiger partial charge in [0.25, 0.3) is 5.92 Å². The fourth-order valence-corrected chi connectivity index (χ4v) is 3.43. The van der Waals surface area contributed by atoms with Gasteiger partial charge in [-0.3, -0.25) is 4.90 Å². The lowest BCUT2D eigenvalue weighted by molar-refractivity contribution is -0.00526. The molecule has 0 spiro atoms. The standard InChI is InChI=1S/C16H28F2N2O3/c1-11(21)13-9-16(17,18)10-20(13)12-5-7-19(8-6-12)14(22)23-15(2,3)4/h11-13,21H,5-10H2,1-4H3/t11?,13-/m1/s1. The second kappa shape index (κ2) is 6.51. The van der Waals surface area contributed by atoms with E-state index < -0.39 is 23.7 Å². The number of hydrogen-bond donors (Lipinski definition) is 1. The predicted molar refractivity (Wildman–Crippen MR) is 82.6 cm³/mol. The lowest BCUT2D eigenvalue weighted by Crippen LogP contribution is -2.51. The molecular formula is C16H28F2N2O3. The molecule has 2 rings (SSSR count). The molecule has 0 aromatic heterocycles. The van der Waals surface area contributed by atoms with Gasteiger partial charge in [0.1, 0.15) is 5.60 Å². The minimum atomic E-state index is -2.75. The van der Waals surface area contributed by atoms with Crippen molar-refractivity contribution in [1.82, 2.24) is 9.80 Å². The third kappa shape index (κ3) is 4.76. The van der Waals surface area contributed by atoms with E-state index in [4.69, 9.17) is 4.74 Å². The van der Waals surface area contributed by atoms with Crippen molar-refractivity contribution < 1.29 is 23.4 Å². The zero-order valence-electron chi connectivity index (χ0n) is 14.4. The molecule has 2 fully saturated rings. The van der Waals surface area contributed by atoms with Crippen LogP contribution >= 0.6 is 0 Å². The van der Waals surface area contributed by atoms with Gasteiger partial charge in [-0.1, -0.05) is 0 Å². The van der Waals surface area contributed by atoms with Crippen molar-refractivity contribution in [2.75, 3.05) is 19.6 Å². The lowest BCUT2D eigenvalue weighted by atomic mass is 10.0. The normalized spacial score (nSPS) is 28.0. The molecule has 2 heterocycles. The first kappa shape index (κ1) is 18.4. The second-order valence-electron chi connectivity index (χ2n) is 7.74. The molecule has 2 atom stereocenters. The van der Waals surface area contributed by atoms with Gasteiger partial charge in [0, 0.05) is 31.6 Å². The van der Waals surface area contributed by atoms with Gasteiger partial charge in [-0.15, -0.1) is 0 Å². The van der Waals surface area contributed by atoms with Gasteiger partial charge in [-0.2, -0.15) is 0 Å². The molecule has 2 aliphatic heterocycles. The fraction of sp³-hybridized carbons (Fsp3) is 0.938. The average Bonchev–Trinajstić information content (AvgIpc) is 2.73.